The standard InChI is InChI=1S/C16H30N2O/c1-15(2,3)13-6-10-18(11-7-13)14(19)16(4)8-5-9-17-12-16/h13,17H,5-12H2,1-4H3. The molecule has 2 heterocycles. The Hall–Kier alpha value is -0.570. The molecule has 2 saturated heterocycles. The molecule has 2 rings (SSSR count). The summed E-state index contributed by atoms with van der Waals surface area (Å²) >= 11 is 0. The summed E-state index contributed by atoms with van der Waals surface area (Å²) in [7, 11) is 0. The van der Waals surface area contributed by atoms with E-state index in [4.69, 9.17) is 0 Å². The highest BCUT2D eigenvalue weighted by Gasteiger charge is 2.39. The quantitative estimate of drug-likeness (QED) is 0.791. The van der Waals surface area contributed by atoms with Crippen molar-refractivity contribution < 1.29 is 4.79 Å². The van der Waals surface area contributed by atoms with Crippen molar-refractivity contribution in [2.75, 3.05) is 26.2 Å². The summed E-state index contributed by atoms with van der Waals surface area (Å²) < 4.78 is 0. The molecule has 1 N–H and O–H groups in total. The second-order valence-electron chi connectivity index (χ2n) is 7.77. The van der Waals surface area contributed by atoms with Crippen LogP contribution in [0.4, 0.5) is 0 Å². The molecule has 110 valence electrons. The molecule has 3 nitrogen and oxygen atoms in total. The maximum Gasteiger partial charge on any atom is 0.229 e. The first-order valence-electron chi connectivity index (χ1n) is 7.83. The van der Waals surface area contributed by atoms with Gasteiger partial charge >= 0.3 is 0 Å². The molecule has 1 unspecified atom stereocenters. The zero-order valence-corrected chi connectivity index (χ0v) is 13.1. The van der Waals surface area contributed by atoms with Gasteiger partial charge < -0.3 is 10.2 Å². The number of hydrogen-bond acceptors (Lipinski definition) is 2. The van der Waals surface area contributed by atoms with Crippen LogP contribution in [0.3, 0.4) is 0 Å². The van der Waals surface area contributed by atoms with Gasteiger partial charge in [-0.05, 0) is 50.5 Å². The van der Waals surface area contributed by atoms with Crippen LogP contribution >= 0.6 is 0 Å². The number of likely N-dealkylation sites (tertiary alicyclic amines) is 1. The highest BCUT2D eigenvalue weighted by atomic mass is 16.2. The number of amides is 1. The molecule has 0 aromatic heterocycles. The van der Waals surface area contributed by atoms with E-state index in [1.54, 1.807) is 0 Å². The second-order valence-corrected chi connectivity index (χ2v) is 7.77. The van der Waals surface area contributed by atoms with Crippen molar-refractivity contribution in [3.8, 4) is 0 Å². The molecular formula is C16H30N2O. The Morgan fingerprint density at radius 1 is 1.26 bits per heavy atom. The predicted octanol–water partition coefficient (Wildman–Crippen LogP) is 2.66. The fourth-order valence-electron chi connectivity index (χ4n) is 3.57. The fraction of sp³-hybridized carbons (Fsp3) is 0.938. The first-order valence-corrected chi connectivity index (χ1v) is 7.83. The zero-order chi connectivity index (χ0) is 14.1. The summed E-state index contributed by atoms with van der Waals surface area (Å²) in [5.41, 5.74) is 0.220. The second kappa shape index (κ2) is 5.43. The summed E-state index contributed by atoms with van der Waals surface area (Å²) in [4.78, 5) is 14.8. The van der Waals surface area contributed by atoms with E-state index in [1.807, 2.05) is 0 Å². The number of hydrogen-bond donors (Lipinski definition) is 1. The highest BCUT2D eigenvalue weighted by Crippen LogP contribution is 2.36. The van der Waals surface area contributed by atoms with Crippen LogP contribution in [0.5, 0.6) is 0 Å². The fourth-order valence-corrected chi connectivity index (χ4v) is 3.57. The van der Waals surface area contributed by atoms with Crippen LogP contribution in [0.1, 0.15) is 53.4 Å². The first-order chi connectivity index (χ1) is 8.83. The van der Waals surface area contributed by atoms with Crippen molar-refractivity contribution in [2.24, 2.45) is 16.7 Å². The molecule has 0 saturated carbocycles. The van der Waals surface area contributed by atoms with Gasteiger partial charge in [0.05, 0.1) is 5.41 Å². The number of nitrogens with one attached hydrogen (secondary N) is 1. The van der Waals surface area contributed by atoms with Crippen LogP contribution in [0.2, 0.25) is 0 Å². The van der Waals surface area contributed by atoms with E-state index in [0.717, 1.165) is 44.9 Å². The van der Waals surface area contributed by atoms with Crippen molar-refractivity contribution >= 4 is 5.91 Å². The maximum absolute atomic E-state index is 12.7. The van der Waals surface area contributed by atoms with E-state index in [2.05, 4.69) is 37.9 Å². The molecule has 0 aliphatic carbocycles. The van der Waals surface area contributed by atoms with E-state index >= 15 is 0 Å². The van der Waals surface area contributed by atoms with Crippen molar-refractivity contribution in [3.63, 3.8) is 0 Å². The molecule has 1 amide bonds. The Morgan fingerprint density at radius 2 is 1.89 bits per heavy atom. The van der Waals surface area contributed by atoms with E-state index in [-0.39, 0.29) is 5.41 Å². The molecular weight excluding hydrogens is 236 g/mol. The van der Waals surface area contributed by atoms with E-state index < -0.39 is 0 Å². The van der Waals surface area contributed by atoms with Crippen molar-refractivity contribution in [1.29, 1.82) is 0 Å². The predicted molar refractivity (Wildman–Crippen MR) is 79.0 cm³/mol. The molecule has 0 spiro atoms. The van der Waals surface area contributed by atoms with Crippen LogP contribution in [0.25, 0.3) is 0 Å². The summed E-state index contributed by atoms with van der Waals surface area (Å²) in [5, 5.41) is 3.38. The lowest BCUT2D eigenvalue weighted by Gasteiger charge is -2.43. The number of carbonyl (C=O) groups is 1. The molecule has 1 atom stereocenters. The normalized spacial score (nSPS) is 30.4. The third-order valence-corrected chi connectivity index (χ3v) is 5.12. The minimum Gasteiger partial charge on any atom is -0.342 e. The van der Waals surface area contributed by atoms with Gasteiger partial charge in [0.25, 0.3) is 0 Å². The number of carbonyl (C=O) groups excluding carboxylic acids is 1. The van der Waals surface area contributed by atoms with Gasteiger partial charge in [-0.25, -0.2) is 0 Å². The van der Waals surface area contributed by atoms with Gasteiger partial charge in [-0.1, -0.05) is 20.8 Å². The SMILES string of the molecule is CC1(C(=O)N2CCC(C(C)(C)C)CC2)CCCNC1. The van der Waals surface area contributed by atoms with Crippen LogP contribution in [0.15, 0.2) is 0 Å². The van der Waals surface area contributed by atoms with Crippen LogP contribution < -0.4 is 5.32 Å². The lowest BCUT2D eigenvalue weighted by Crippen LogP contribution is -2.52. The Labute approximate surface area is 118 Å². The molecule has 0 aromatic carbocycles. The molecule has 2 fully saturated rings. The van der Waals surface area contributed by atoms with Gasteiger partial charge in [0.2, 0.25) is 5.91 Å². The van der Waals surface area contributed by atoms with Crippen molar-refractivity contribution in [2.45, 2.75) is 53.4 Å². The molecule has 2 aliphatic heterocycles. The molecule has 0 radical (unpaired) electrons. The van der Waals surface area contributed by atoms with Crippen molar-refractivity contribution in [3.05, 3.63) is 0 Å². The lowest BCUT2D eigenvalue weighted by molar-refractivity contribution is -0.144. The zero-order valence-electron chi connectivity index (χ0n) is 13.1. The van der Waals surface area contributed by atoms with Gasteiger partial charge in [-0.15, -0.1) is 0 Å². The Kier molecular flexibility index (Phi) is 4.24. The molecule has 0 aromatic rings. The van der Waals surface area contributed by atoms with Gasteiger partial charge in [-0.3, -0.25) is 4.79 Å². The van der Waals surface area contributed by atoms with E-state index in [1.165, 1.54) is 12.8 Å². The van der Waals surface area contributed by atoms with Gasteiger partial charge in [0.15, 0.2) is 0 Å². The summed E-state index contributed by atoms with van der Waals surface area (Å²) in [6.07, 6.45) is 4.50. The topological polar surface area (TPSA) is 32.3 Å². The number of nitrogens with zero attached hydrogens (tertiary/aromatic N) is 1. The largest absolute Gasteiger partial charge is 0.342 e. The Bertz CT molecular complexity index is 318. The minimum absolute atomic E-state index is 0.160. The van der Waals surface area contributed by atoms with Crippen molar-refractivity contribution in [1.82, 2.24) is 10.2 Å². The summed E-state index contributed by atoms with van der Waals surface area (Å²) in [5.74, 6) is 1.14. The summed E-state index contributed by atoms with van der Waals surface area (Å²) in [6, 6.07) is 0. The third kappa shape index (κ3) is 3.31. The number of piperidine rings is 2. The first kappa shape index (κ1) is 14.8. The maximum atomic E-state index is 12.7. The molecule has 2 aliphatic rings. The lowest BCUT2D eigenvalue weighted by atomic mass is 9.74. The average Bonchev–Trinajstić information content (AvgIpc) is 2.38. The average molecular weight is 266 g/mol. The molecule has 19 heavy (non-hydrogen) atoms. The molecule has 0 bridgehead atoms. The monoisotopic (exact) mass is 266 g/mol. The third-order valence-electron chi connectivity index (χ3n) is 5.12. The minimum atomic E-state index is -0.160. The Balaban J connectivity index is 1.92. The smallest absolute Gasteiger partial charge is 0.229 e. The van der Waals surface area contributed by atoms with Gasteiger partial charge in [0, 0.05) is 19.6 Å². The van der Waals surface area contributed by atoms with E-state index in [9.17, 15) is 4.79 Å². The van der Waals surface area contributed by atoms with Crippen LogP contribution in [-0.2, 0) is 4.79 Å². The van der Waals surface area contributed by atoms with Gasteiger partial charge in [-0.2, -0.15) is 0 Å². The van der Waals surface area contributed by atoms with Crippen LogP contribution in [-0.4, -0.2) is 37.0 Å². The molecule has 3 heteroatoms. The Morgan fingerprint density at radius 3 is 2.37 bits per heavy atom. The van der Waals surface area contributed by atoms with Gasteiger partial charge in [0.1, 0.15) is 0 Å². The van der Waals surface area contributed by atoms with E-state index in [0.29, 0.717) is 11.3 Å². The number of rotatable bonds is 1. The summed E-state index contributed by atoms with van der Waals surface area (Å²) in [6.45, 7) is 12.9. The highest BCUT2D eigenvalue weighted by molar-refractivity contribution is 5.82. The van der Waals surface area contributed by atoms with Crippen LogP contribution in [0, 0.1) is 16.7 Å².